The highest BCUT2D eigenvalue weighted by atomic mass is 79.9. The van der Waals surface area contributed by atoms with Crippen LogP contribution in [-0.2, 0) is 11.4 Å². The molecule has 5 nitrogen and oxygen atoms in total. The van der Waals surface area contributed by atoms with E-state index in [-0.39, 0.29) is 12.5 Å². The van der Waals surface area contributed by atoms with Gasteiger partial charge in [-0.15, -0.1) is 0 Å². The largest absolute Gasteiger partial charge is 0.488 e. The van der Waals surface area contributed by atoms with Crippen molar-refractivity contribution in [2.45, 2.75) is 33.3 Å². The summed E-state index contributed by atoms with van der Waals surface area (Å²) >= 11 is 3.46. The highest BCUT2D eigenvalue weighted by molar-refractivity contribution is 9.10. The molecular weight excluding hydrogens is 468 g/mol. The summed E-state index contributed by atoms with van der Waals surface area (Å²) < 4.78 is 12.6. The molecule has 0 fully saturated rings. The van der Waals surface area contributed by atoms with Gasteiger partial charge in [-0.25, -0.2) is 5.43 Å². The fourth-order valence-corrected chi connectivity index (χ4v) is 3.43. The van der Waals surface area contributed by atoms with Crippen LogP contribution in [0.3, 0.4) is 0 Å². The molecule has 0 unspecified atom stereocenters. The maximum absolute atomic E-state index is 12.2. The number of ether oxygens (including phenoxy) is 2. The molecule has 0 aliphatic rings. The van der Waals surface area contributed by atoms with Crippen molar-refractivity contribution < 1.29 is 14.3 Å². The average molecular weight is 495 g/mol. The third-order valence-electron chi connectivity index (χ3n) is 4.83. The molecule has 0 aliphatic heterocycles. The highest BCUT2D eigenvalue weighted by Crippen LogP contribution is 2.24. The minimum Gasteiger partial charge on any atom is -0.488 e. The lowest BCUT2D eigenvalue weighted by molar-refractivity contribution is -0.123. The van der Waals surface area contributed by atoms with E-state index < -0.39 is 0 Å². The zero-order valence-corrected chi connectivity index (χ0v) is 20.1. The summed E-state index contributed by atoms with van der Waals surface area (Å²) in [6.07, 6.45) is 1.57. The molecule has 0 saturated heterocycles. The van der Waals surface area contributed by atoms with Gasteiger partial charge in [0.2, 0.25) is 0 Å². The number of carbonyl (C=O) groups is 1. The Kier molecular flexibility index (Phi) is 8.45. The quantitative estimate of drug-likeness (QED) is 0.293. The van der Waals surface area contributed by atoms with E-state index in [0.717, 1.165) is 21.2 Å². The van der Waals surface area contributed by atoms with Crippen molar-refractivity contribution in [3.8, 4) is 11.5 Å². The van der Waals surface area contributed by atoms with Gasteiger partial charge in [-0.1, -0.05) is 66.2 Å². The van der Waals surface area contributed by atoms with Gasteiger partial charge in [0.25, 0.3) is 5.91 Å². The first-order valence-corrected chi connectivity index (χ1v) is 11.2. The smallest absolute Gasteiger partial charge is 0.277 e. The normalized spacial score (nSPS) is 11.0. The van der Waals surface area contributed by atoms with Crippen molar-refractivity contribution in [3.05, 3.63) is 93.5 Å². The Balaban J connectivity index is 1.54. The number of para-hydroxylation sites is 1. The van der Waals surface area contributed by atoms with Crippen LogP contribution in [0.15, 0.2) is 76.3 Å². The maximum atomic E-state index is 12.2. The van der Waals surface area contributed by atoms with E-state index >= 15 is 0 Å². The molecule has 0 bridgehead atoms. The Bertz CT molecular complexity index is 1100. The average Bonchev–Trinajstić information content (AvgIpc) is 2.78. The predicted molar refractivity (Wildman–Crippen MR) is 131 cm³/mol. The van der Waals surface area contributed by atoms with Crippen molar-refractivity contribution in [3.63, 3.8) is 0 Å². The number of halogens is 1. The molecule has 0 heterocycles. The lowest BCUT2D eigenvalue weighted by Gasteiger charge is -2.12. The van der Waals surface area contributed by atoms with Gasteiger partial charge in [-0.3, -0.25) is 4.79 Å². The summed E-state index contributed by atoms with van der Waals surface area (Å²) in [5.41, 5.74) is 6.49. The van der Waals surface area contributed by atoms with Crippen molar-refractivity contribution in [1.82, 2.24) is 5.43 Å². The molecular formula is C26H27BrN2O3. The molecule has 0 aromatic heterocycles. The van der Waals surface area contributed by atoms with Crippen LogP contribution < -0.4 is 14.9 Å². The molecule has 1 amide bonds. The van der Waals surface area contributed by atoms with Crippen LogP contribution in [-0.4, -0.2) is 18.7 Å². The highest BCUT2D eigenvalue weighted by Gasteiger charge is 2.08. The van der Waals surface area contributed by atoms with Gasteiger partial charge in [0.15, 0.2) is 6.61 Å². The first-order chi connectivity index (χ1) is 15.4. The molecule has 0 saturated carbocycles. The van der Waals surface area contributed by atoms with E-state index in [1.165, 1.54) is 5.56 Å². The number of hydrazone groups is 1. The van der Waals surface area contributed by atoms with Gasteiger partial charge in [-0.05, 0) is 59.9 Å². The number of nitrogens with zero attached hydrogens (tertiary/aromatic N) is 1. The fourth-order valence-electron chi connectivity index (χ4n) is 2.99. The van der Waals surface area contributed by atoms with Crippen LogP contribution in [0.5, 0.6) is 11.5 Å². The Hall–Kier alpha value is -3.12. The van der Waals surface area contributed by atoms with E-state index in [2.05, 4.69) is 46.4 Å². The number of nitrogens with one attached hydrogen (secondary N) is 1. The molecule has 166 valence electrons. The third-order valence-corrected chi connectivity index (χ3v) is 5.33. The SMILES string of the molecule is Cc1ccc(C(C)C)cc1OCC(=O)N/N=C/c1ccccc1OCc1cccc(Br)c1. The monoisotopic (exact) mass is 494 g/mol. The Morgan fingerprint density at radius 3 is 2.62 bits per heavy atom. The lowest BCUT2D eigenvalue weighted by atomic mass is 10.0. The van der Waals surface area contributed by atoms with Crippen LogP contribution in [0.2, 0.25) is 0 Å². The minimum absolute atomic E-state index is 0.110. The van der Waals surface area contributed by atoms with Crippen LogP contribution in [0.1, 0.15) is 42.0 Å². The fraction of sp³-hybridized carbons (Fsp3) is 0.231. The standard InChI is InChI=1S/C26H27BrN2O3/c1-18(2)21-12-11-19(3)25(14-21)32-17-26(30)29-28-15-22-8-4-5-10-24(22)31-16-20-7-6-9-23(27)13-20/h4-15,18H,16-17H2,1-3H3,(H,29,30)/b28-15+. The molecule has 0 aliphatic carbocycles. The van der Waals surface area contributed by atoms with E-state index in [0.29, 0.717) is 24.0 Å². The third kappa shape index (κ3) is 6.95. The van der Waals surface area contributed by atoms with E-state index in [1.54, 1.807) is 6.21 Å². The number of hydrogen-bond donors (Lipinski definition) is 1. The van der Waals surface area contributed by atoms with Gasteiger partial charge >= 0.3 is 0 Å². The zero-order valence-electron chi connectivity index (χ0n) is 18.5. The summed E-state index contributed by atoms with van der Waals surface area (Å²) in [5, 5.41) is 4.06. The van der Waals surface area contributed by atoms with Crippen LogP contribution >= 0.6 is 15.9 Å². The second kappa shape index (κ2) is 11.5. The molecule has 3 aromatic rings. The summed E-state index contributed by atoms with van der Waals surface area (Å²) in [7, 11) is 0. The number of benzene rings is 3. The topological polar surface area (TPSA) is 59.9 Å². The molecule has 6 heteroatoms. The maximum Gasteiger partial charge on any atom is 0.277 e. The lowest BCUT2D eigenvalue weighted by Crippen LogP contribution is -2.24. The van der Waals surface area contributed by atoms with Crippen molar-refractivity contribution in [2.75, 3.05) is 6.61 Å². The Labute approximate surface area is 197 Å². The second-order valence-corrected chi connectivity index (χ2v) is 8.63. The molecule has 3 aromatic carbocycles. The van der Waals surface area contributed by atoms with Gasteiger partial charge in [0.1, 0.15) is 18.1 Å². The number of amides is 1. The predicted octanol–water partition coefficient (Wildman–Crippen LogP) is 5.99. The number of rotatable bonds is 9. The van der Waals surface area contributed by atoms with E-state index in [1.807, 2.05) is 67.6 Å². The van der Waals surface area contributed by atoms with Crippen molar-refractivity contribution in [2.24, 2.45) is 5.10 Å². The number of hydrogen-bond acceptors (Lipinski definition) is 4. The summed E-state index contributed by atoms with van der Waals surface area (Å²) in [4.78, 5) is 12.2. The van der Waals surface area contributed by atoms with Crippen LogP contribution in [0.4, 0.5) is 0 Å². The number of carbonyl (C=O) groups excluding carboxylic acids is 1. The molecule has 32 heavy (non-hydrogen) atoms. The second-order valence-electron chi connectivity index (χ2n) is 7.72. The minimum atomic E-state index is -0.330. The Morgan fingerprint density at radius 2 is 1.84 bits per heavy atom. The van der Waals surface area contributed by atoms with Crippen LogP contribution in [0, 0.1) is 6.92 Å². The summed E-state index contributed by atoms with van der Waals surface area (Å²) in [6, 6.07) is 21.5. The molecule has 0 radical (unpaired) electrons. The molecule has 0 spiro atoms. The first kappa shape index (κ1) is 23.5. The van der Waals surface area contributed by atoms with Gasteiger partial charge in [0, 0.05) is 10.0 Å². The van der Waals surface area contributed by atoms with Gasteiger partial charge in [0.05, 0.1) is 6.21 Å². The molecule has 3 rings (SSSR count). The summed E-state index contributed by atoms with van der Waals surface area (Å²) in [6.45, 7) is 6.52. The molecule has 0 atom stereocenters. The van der Waals surface area contributed by atoms with E-state index in [9.17, 15) is 4.79 Å². The van der Waals surface area contributed by atoms with Crippen LogP contribution in [0.25, 0.3) is 0 Å². The zero-order chi connectivity index (χ0) is 22.9. The van der Waals surface area contributed by atoms with Crippen molar-refractivity contribution in [1.29, 1.82) is 0 Å². The number of aryl methyl sites for hydroxylation is 1. The Morgan fingerprint density at radius 1 is 1.03 bits per heavy atom. The van der Waals surface area contributed by atoms with E-state index in [4.69, 9.17) is 9.47 Å². The van der Waals surface area contributed by atoms with Gasteiger partial charge < -0.3 is 9.47 Å². The van der Waals surface area contributed by atoms with Crippen molar-refractivity contribution >= 4 is 28.1 Å². The summed E-state index contributed by atoms with van der Waals surface area (Å²) in [5.74, 6) is 1.45. The van der Waals surface area contributed by atoms with Gasteiger partial charge in [-0.2, -0.15) is 5.10 Å². The first-order valence-electron chi connectivity index (χ1n) is 10.4. The molecule has 1 N–H and O–H groups in total.